The standard InChI is InChI=1S/C23H20F3NO6S/c1-14(15-3-10-19(11-4-15)33-23(24,25)26)32-18-8-5-16(6-9-18)22(29)27-17-7-12-20(28)21(13-17)34(2,30)31/h3-14,28H,1-2H3,(H,27,29). The van der Waals surface area contributed by atoms with Crippen molar-refractivity contribution in [3.63, 3.8) is 0 Å². The molecule has 0 radical (unpaired) electrons. The van der Waals surface area contributed by atoms with Crippen molar-refractivity contribution < 1.29 is 41.0 Å². The summed E-state index contributed by atoms with van der Waals surface area (Å²) >= 11 is 0. The summed E-state index contributed by atoms with van der Waals surface area (Å²) in [5.41, 5.74) is 1.07. The number of hydrogen-bond donors (Lipinski definition) is 2. The Kier molecular flexibility index (Phi) is 7.06. The number of anilines is 1. The average Bonchev–Trinajstić information content (AvgIpc) is 2.74. The van der Waals surface area contributed by atoms with Crippen LogP contribution in [0.1, 0.15) is 28.9 Å². The third-order valence-corrected chi connectivity index (χ3v) is 5.76. The SMILES string of the molecule is CC(Oc1ccc(C(=O)Nc2ccc(O)c(S(C)(=O)=O)c2)cc1)c1ccc(OC(F)(F)F)cc1. The highest BCUT2D eigenvalue weighted by Crippen LogP contribution is 2.28. The van der Waals surface area contributed by atoms with E-state index in [2.05, 4.69) is 10.1 Å². The molecule has 3 aromatic rings. The molecular weight excluding hydrogens is 475 g/mol. The maximum absolute atomic E-state index is 12.5. The molecule has 0 spiro atoms. The van der Waals surface area contributed by atoms with Crippen LogP contribution in [0.2, 0.25) is 0 Å². The van der Waals surface area contributed by atoms with E-state index in [1.54, 1.807) is 19.1 Å². The fourth-order valence-electron chi connectivity index (χ4n) is 2.99. The predicted octanol–water partition coefficient (Wildman–Crippen LogP) is 5.09. The maximum Gasteiger partial charge on any atom is 0.573 e. The van der Waals surface area contributed by atoms with E-state index in [9.17, 15) is 31.5 Å². The summed E-state index contributed by atoms with van der Waals surface area (Å²) < 4.78 is 69.9. The molecule has 0 aromatic heterocycles. The van der Waals surface area contributed by atoms with Gasteiger partial charge in [-0.15, -0.1) is 13.2 Å². The maximum atomic E-state index is 12.5. The highest BCUT2D eigenvalue weighted by molar-refractivity contribution is 7.90. The number of rotatable bonds is 7. The van der Waals surface area contributed by atoms with Gasteiger partial charge in [0.1, 0.15) is 28.2 Å². The Morgan fingerprint density at radius 1 is 0.971 bits per heavy atom. The van der Waals surface area contributed by atoms with Gasteiger partial charge < -0.3 is 19.9 Å². The number of carbonyl (C=O) groups is 1. The van der Waals surface area contributed by atoms with Gasteiger partial charge in [0.05, 0.1) is 0 Å². The topological polar surface area (TPSA) is 102 Å². The second kappa shape index (κ2) is 9.64. The Hall–Kier alpha value is -3.73. The molecule has 3 rings (SSSR count). The number of benzene rings is 3. The van der Waals surface area contributed by atoms with Crippen LogP contribution in [-0.4, -0.2) is 32.0 Å². The van der Waals surface area contributed by atoms with Crippen molar-refractivity contribution in [2.45, 2.75) is 24.3 Å². The van der Waals surface area contributed by atoms with Crippen LogP contribution in [0.25, 0.3) is 0 Å². The van der Waals surface area contributed by atoms with Gasteiger partial charge in [-0.05, 0) is 67.1 Å². The van der Waals surface area contributed by atoms with Crippen molar-refractivity contribution in [3.05, 3.63) is 77.9 Å². The number of hydrogen-bond acceptors (Lipinski definition) is 6. The molecule has 0 aliphatic rings. The van der Waals surface area contributed by atoms with Crippen LogP contribution >= 0.6 is 0 Å². The first-order valence-corrected chi connectivity index (χ1v) is 11.7. The number of nitrogens with one attached hydrogen (secondary N) is 1. The second-order valence-corrected chi connectivity index (χ2v) is 9.29. The van der Waals surface area contributed by atoms with E-state index in [0.29, 0.717) is 11.3 Å². The zero-order chi connectivity index (χ0) is 25.1. The number of phenolic OH excluding ortho intramolecular Hbond substituents is 1. The van der Waals surface area contributed by atoms with Gasteiger partial charge in [0.15, 0.2) is 9.84 Å². The summed E-state index contributed by atoms with van der Waals surface area (Å²) in [5.74, 6) is -0.844. The van der Waals surface area contributed by atoms with Crippen molar-refractivity contribution >= 4 is 21.4 Å². The van der Waals surface area contributed by atoms with Gasteiger partial charge in [-0.3, -0.25) is 4.79 Å². The number of alkyl halides is 3. The van der Waals surface area contributed by atoms with Crippen LogP contribution in [0.5, 0.6) is 17.2 Å². The molecule has 7 nitrogen and oxygen atoms in total. The summed E-state index contributed by atoms with van der Waals surface area (Å²) in [6.45, 7) is 1.71. The van der Waals surface area contributed by atoms with Crippen LogP contribution in [0.3, 0.4) is 0 Å². The Balaban J connectivity index is 1.64. The quantitative estimate of drug-likeness (QED) is 0.443. The van der Waals surface area contributed by atoms with E-state index >= 15 is 0 Å². The lowest BCUT2D eigenvalue weighted by molar-refractivity contribution is -0.274. The van der Waals surface area contributed by atoms with Crippen molar-refractivity contribution in [1.82, 2.24) is 0 Å². The van der Waals surface area contributed by atoms with Gasteiger partial charge in [-0.1, -0.05) is 12.1 Å². The smallest absolute Gasteiger partial charge is 0.507 e. The minimum atomic E-state index is -4.77. The molecule has 11 heteroatoms. The highest BCUT2D eigenvalue weighted by atomic mass is 32.2. The third-order valence-electron chi connectivity index (χ3n) is 4.63. The fourth-order valence-corrected chi connectivity index (χ4v) is 3.78. The van der Waals surface area contributed by atoms with Crippen LogP contribution in [0.15, 0.2) is 71.6 Å². The van der Waals surface area contributed by atoms with E-state index in [0.717, 1.165) is 12.3 Å². The molecule has 0 bridgehead atoms. The lowest BCUT2D eigenvalue weighted by atomic mass is 10.1. The van der Waals surface area contributed by atoms with Gasteiger partial charge in [0, 0.05) is 17.5 Å². The predicted molar refractivity (Wildman–Crippen MR) is 118 cm³/mol. The molecule has 3 aromatic carbocycles. The Labute approximate surface area is 193 Å². The molecule has 0 fully saturated rings. The number of ether oxygens (including phenoxy) is 2. The monoisotopic (exact) mass is 495 g/mol. The number of halogens is 3. The molecule has 180 valence electrons. The Morgan fingerprint density at radius 3 is 2.12 bits per heavy atom. The molecule has 0 heterocycles. The number of amides is 1. The van der Waals surface area contributed by atoms with Crippen LogP contribution < -0.4 is 14.8 Å². The van der Waals surface area contributed by atoms with Crippen molar-refractivity contribution in [2.24, 2.45) is 0 Å². The highest BCUT2D eigenvalue weighted by Gasteiger charge is 2.31. The Bertz CT molecular complexity index is 1270. The van der Waals surface area contributed by atoms with Gasteiger partial charge in [-0.25, -0.2) is 8.42 Å². The molecule has 1 unspecified atom stereocenters. The van der Waals surface area contributed by atoms with Gasteiger partial charge in [0.2, 0.25) is 0 Å². The zero-order valence-electron chi connectivity index (χ0n) is 18.0. The molecule has 2 N–H and O–H groups in total. The molecular formula is C23H20F3NO6S. The minimum absolute atomic E-state index is 0.190. The minimum Gasteiger partial charge on any atom is -0.507 e. The zero-order valence-corrected chi connectivity index (χ0v) is 18.8. The molecule has 34 heavy (non-hydrogen) atoms. The average molecular weight is 495 g/mol. The summed E-state index contributed by atoms with van der Waals surface area (Å²) in [4.78, 5) is 12.2. The number of phenols is 1. The molecule has 1 amide bonds. The first-order valence-electron chi connectivity index (χ1n) is 9.79. The summed E-state index contributed by atoms with van der Waals surface area (Å²) in [5, 5.41) is 12.3. The van der Waals surface area contributed by atoms with Gasteiger partial charge >= 0.3 is 6.36 Å². The van der Waals surface area contributed by atoms with Crippen LogP contribution in [-0.2, 0) is 9.84 Å². The van der Waals surface area contributed by atoms with Crippen molar-refractivity contribution in [2.75, 3.05) is 11.6 Å². The van der Waals surface area contributed by atoms with Crippen molar-refractivity contribution in [3.8, 4) is 17.2 Å². The van der Waals surface area contributed by atoms with E-state index in [-0.39, 0.29) is 21.9 Å². The van der Waals surface area contributed by atoms with Crippen LogP contribution in [0, 0.1) is 0 Å². The van der Waals surface area contributed by atoms with Crippen LogP contribution in [0.4, 0.5) is 18.9 Å². The number of carbonyl (C=O) groups excluding carboxylic acids is 1. The molecule has 0 saturated carbocycles. The van der Waals surface area contributed by atoms with Crippen molar-refractivity contribution in [1.29, 1.82) is 0 Å². The molecule has 1 atom stereocenters. The lowest BCUT2D eigenvalue weighted by Gasteiger charge is -2.16. The second-order valence-electron chi connectivity index (χ2n) is 7.31. The third kappa shape index (κ3) is 6.64. The first-order chi connectivity index (χ1) is 15.8. The summed E-state index contributed by atoms with van der Waals surface area (Å²) in [7, 11) is -3.68. The molecule has 0 aliphatic carbocycles. The lowest BCUT2D eigenvalue weighted by Crippen LogP contribution is -2.17. The number of aromatic hydroxyl groups is 1. The largest absolute Gasteiger partial charge is 0.573 e. The number of sulfone groups is 1. The summed E-state index contributed by atoms with van der Waals surface area (Å²) in [6.07, 6.45) is -4.32. The molecule has 0 saturated heterocycles. The Morgan fingerprint density at radius 2 is 1.56 bits per heavy atom. The van der Waals surface area contributed by atoms with Gasteiger partial charge in [0.25, 0.3) is 5.91 Å². The van der Waals surface area contributed by atoms with E-state index in [4.69, 9.17) is 4.74 Å². The van der Waals surface area contributed by atoms with E-state index < -0.39 is 34.0 Å². The molecule has 0 aliphatic heterocycles. The van der Waals surface area contributed by atoms with E-state index in [1.807, 2.05) is 0 Å². The van der Waals surface area contributed by atoms with E-state index in [1.165, 1.54) is 48.5 Å². The normalized spacial score (nSPS) is 12.6. The summed E-state index contributed by atoms with van der Waals surface area (Å²) in [6, 6.07) is 15.1. The first kappa shape index (κ1) is 24.9. The van der Waals surface area contributed by atoms with Gasteiger partial charge in [-0.2, -0.15) is 0 Å². The fraction of sp³-hybridized carbons (Fsp3) is 0.174.